The van der Waals surface area contributed by atoms with Crippen LogP contribution in [0.3, 0.4) is 0 Å². The van der Waals surface area contributed by atoms with E-state index in [0.717, 1.165) is 0 Å². The van der Waals surface area contributed by atoms with Crippen LogP contribution in [-0.2, 0) is 0 Å². The summed E-state index contributed by atoms with van der Waals surface area (Å²) in [5.74, 6) is -0.316. The second kappa shape index (κ2) is 4.61. The first-order chi connectivity index (χ1) is 7.47. The third-order valence-corrected chi connectivity index (χ3v) is 2.30. The lowest BCUT2D eigenvalue weighted by Gasteiger charge is -2.15. The van der Waals surface area contributed by atoms with Gasteiger partial charge in [-0.05, 0) is 13.0 Å². The molecule has 2 N–H and O–H groups in total. The Morgan fingerprint density at radius 1 is 1.56 bits per heavy atom. The SMILES string of the molecule is CCN(C)C(=O)c1cc([N+](=O)[O-])ccc1N. The number of nitro benzene ring substituents is 1. The summed E-state index contributed by atoms with van der Waals surface area (Å²) < 4.78 is 0. The minimum atomic E-state index is -0.553. The Hall–Kier alpha value is -2.11. The molecule has 0 atom stereocenters. The molecule has 0 aliphatic heterocycles. The van der Waals surface area contributed by atoms with Gasteiger partial charge in [0, 0.05) is 31.4 Å². The van der Waals surface area contributed by atoms with Crippen LogP contribution < -0.4 is 5.73 Å². The average molecular weight is 223 g/mol. The quantitative estimate of drug-likeness (QED) is 0.474. The van der Waals surface area contributed by atoms with Crippen molar-refractivity contribution in [2.24, 2.45) is 0 Å². The van der Waals surface area contributed by atoms with Gasteiger partial charge in [-0.2, -0.15) is 0 Å². The van der Waals surface area contributed by atoms with Crippen LogP contribution in [0, 0.1) is 10.1 Å². The molecule has 16 heavy (non-hydrogen) atoms. The molecule has 0 aliphatic rings. The zero-order chi connectivity index (χ0) is 12.3. The second-order valence-electron chi connectivity index (χ2n) is 3.35. The van der Waals surface area contributed by atoms with E-state index < -0.39 is 4.92 Å². The lowest BCUT2D eigenvalue weighted by atomic mass is 10.1. The summed E-state index contributed by atoms with van der Waals surface area (Å²) in [5, 5.41) is 10.6. The molecule has 1 rings (SSSR count). The number of nitrogen functional groups attached to an aromatic ring is 1. The van der Waals surface area contributed by atoms with Gasteiger partial charge in [-0.15, -0.1) is 0 Å². The van der Waals surface area contributed by atoms with E-state index in [0.29, 0.717) is 6.54 Å². The molecule has 0 spiro atoms. The predicted octanol–water partition coefficient (Wildman–Crippen LogP) is 1.27. The van der Waals surface area contributed by atoms with Gasteiger partial charge in [0.1, 0.15) is 0 Å². The molecule has 0 saturated carbocycles. The lowest BCUT2D eigenvalue weighted by molar-refractivity contribution is -0.384. The van der Waals surface area contributed by atoms with Crippen LogP contribution in [0.4, 0.5) is 11.4 Å². The average Bonchev–Trinajstić information content (AvgIpc) is 2.27. The first-order valence-electron chi connectivity index (χ1n) is 4.76. The Balaban J connectivity index is 3.17. The second-order valence-corrected chi connectivity index (χ2v) is 3.35. The number of nitrogens with zero attached hydrogens (tertiary/aromatic N) is 2. The van der Waals surface area contributed by atoms with Gasteiger partial charge in [0.2, 0.25) is 0 Å². The zero-order valence-corrected chi connectivity index (χ0v) is 9.14. The van der Waals surface area contributed by atoms with E-state index in [2.05, 4.69) is 0 Å². The number of anilines is 1. The van der Waals surface area contributed by atoms with Gasteiger partial charge in [0.25, 0.3) is 11.6 Å². The van der Waals surface area contributed by atoms with Gasteiger partial charge in [-0.3, -0.25) is 14.9 Å². The van der Waals surface area contributed by atoms with Crippen LogP contribution in [0.25, 0.3) is 0 Å². The molecule has 86 valence electrons. The minimum Gasteiger partial charge on any atom is -0.398 e. The number of hydrogen-bond acceptors (Lipinski definition) is 4. The van der Waals surface area contributed by atoms with Crippen LogP contribution in [0.5, 0.6) is 0 Å². The first-order valence-corrected chi connectivity index (χ1v) is 4.76. The van der Waals surface area contributed by atoms with E-state index in [1.807, 2.05) is 6.92 Å². The molecule has 1 amide bonds. The summed E-state index contributed by atoms with van der Waals surface area (Å²) in [7, 11) is 1.61. The predicted molar refractivity (Wildman–Crippen MR) is 60.1 cm³/mol. The van der Waals surface area contributed by atoms with Gasteiger partial charge in [0.05, 0.1) is 10.5 Å². The summed E-state index contributed by atoms with van der Waals surface area (Å²) in [6.07, 6.45) is 0. The maximum absolute atomic E-state index is 11.8. The van der Waals surface area contributed by atoms with E-state index in [1.165, 1.54) is 23.1 Å². The Bertz CT molecular complexity index is 431. The minimum absolute atomic E-state index is 0.137. The van der Waals surface area contributed by atoms with Crippen molar-refractivity contribution in [3.63, 3.8) is 0 Å². The van der Waals surface area contributed by atoms with Crippen molar-refractivity contribution in [2.75, 3.05) is 19.3 Å². The van der Waals surface area contributed by atoms with Crippen LogP contribution in [0.1, 0.15) is 17.3 Å². The third kappa shape index (κ3) is 2.28. The van der Waals surface area contributed by atoms with Crippen molar-refractivity contribution in [1.29, 1.82) is 0 Å². The maximum Gasteiger partial charge on any atom is 0.270 e. The molecule has 6 heteroatoms. The Labute approximate surface area is 92.8 Å². The fourth-order valence-electron chi connectivity index (χ4n) is 1.19. The number of nitro groups is 1. The maximum atomic E-state index is 11.8. The summed E-state index contributed by atoms with van der Waals surface area (Å²) in [6.45, 7) is 2.33. The summed E-state index contributed by atoms with van der Waals surface area (Å²) >= 11 is 0. The molecule has 0 unspecified atom stereocenters. The van der Waals surface area contributed by atoms with Gasteiger partial charge in [-0.1, -0.05) is 0 Å². The lowest BCUT2D eigenvalue weighted by Crippen LogP contribution is -2.27. The smallest absolute Gasteiger partial charge is 0.270 e. The van der Waals surface area contributed by atoms with Gasteiger partial charge in [0.15, 0.2) is 0 Å². The molecule has 0 aromatic heterocycles. The van der Waals surface area contributed by atoms with Gasteiger partial charge >= 0.3 is 0 Å². The molecular weight excluding hydrogens is 210 g/mol. The number of nitrogens with two attached hydrogens (primary N) is 1. The summed E-state index contributed by atoms with van der Waals surface area (Å²) in [6, 6.07) is 3.84. The molecule has 1 aromatic carbocycles. The fourth-order valence-corrected chi connectivity index (χ4v) is 1.19. The molecule has 6 nitrogen and oxygen atoms in total. The van der Waals surface area contributed by atoms with Crippen LogP contribution >= 0.6 is 0 Å². The highest BCUT2D eigenvalue weighted by Crippen LogP contribution is 2.20. The van der Waals surface area contributed by atoms with E-state index in [1.54, 1.807) is 7.05 Å². The molecular formula is C10H13N3O3. The largest absolute Gasteiger partial charge is 0.398 e. The number of benzene rings is 1. The molecule has 0 saturated heterocycles. The number of carbonyl (C=O) groups is 1. The normalized spacial score (nSPS) is 9.88. The van der Waals surface area contributed by atoms with Gasteiger partial charge in [-0.25, -0.2) is 0 Å². The number of amides is 1. The topological polar surface area (TPSA) is 89.5 Å². The summed E-state index contributed by atoms with van der Waals surface area (Å²) in [4.78, 5) is 23.2. The zero-order valence-electron chi connectivity index (χ0n) is 9.14. The number of non-ortho nitro benzene ring substituents is 1. The van der Waals surface area contributed by atoms with Crippen molar-refractivity contribution in [3.8, 4) is 0 Å². The number of hydrogen-bond donors (Lipinski definition) is 1. The highest BCUT2D eigenvalue weighted by molar-refractivity contribution is 5.99. The molecule has 0 fully saturated rings. The van der Waals surface area contributed by atoms with E-state index in [9.17, 15) is 14.9 Å². The molecule has 0 aliphatic carbocycles. The Morgan fingerprint density at radius 2 is 2.19 bits per heavy atom. The monoisotopic (exact) mass is 223 g/mol. The molecule has 0 heterocycles. The van der Waals surface area contributed by atoms with E-state index >= 15 is 0 Å². The molecule has 1 aromatic rings. The Morgan fingerprint density at radius 3 is 2.69 bits per heavy atom. The van der Waals surface area contributed by atoms with Gasteiger partial charge < -0.3 is 10.6 Å². The first kappa shape index (κ1) is 12.0. The van der Waals surface area contributed by atoms with Crippen molar-refractivity contribution in [2.45, 2.75) is 6.92 Å². The Kier molecular flexibility index (Phi) is 3.44. The highest BCUT2D eigenvalue weighted by atomic mass is 16.6. The summed E-state index contributed by atoms with van der Waals surface area (Å²) in [5.41, 5.74) is 5.89. The van der Waals surface area contributed by atoms with E-state index in [-0.39, 0.29) is 22.8 Å². The van der Waals surface area contributed by atoms with Crippen molar-refractivity contribution < 1.29 is 9.72 Å². The van der Waals surface area contributed by atoms with Crippen LogP contribution in [-0.4, -0.2) is 29.3 Å². The molecule has 0 radical (unpaired) electrons. The third-order valence-electron chi connectivity index (χ3n) is 2.30. The number of rotatable bonds is 3. The number of carbonyl (C=O) groups excluding carboxylic acids is 1. The molecule has 0 bridgehead atoms. The standard InChI is InChI=1S/C10H13N3O3/c1-3-12(2)10(14)8-6-7(13(15)16)4-5-9(8)11/h4-6H,3,11H2,1-2H3. The van der Waals surface area contributed by atoms with Crippen LogP contribution in [0.15, 0.2) is 18.2 Å². The fraction of sp³-hybridized carbons (Fsp3) is 0.300. The van der Waals surface area contributed by atoms with E-state index in [4.69, 9.17) is 5.73 Å². The van der Waals surface area contributed by atoms with Crippen molar-refractivity contribution >= 4 is 17.3 Å². The van der Waals surface area contributed by atoms with Crippen molar-refractivity contribution in [1.82, 2.24) is 4.90 Å². The van der Waals surface area contributed by atoms with Crippen molar-refractivity contribution in [3.05, 3.63) is 33.9 Å². The highest BCUT2D eigenvalue weighted by Gasteiger charge is 2.17. The van der Waals surface area contributed by atoms with Crippen LogP contribution in [0.2, 0.25) is 0 Å².